The van der Waals surface area contributed by atoms with Gasteiger partial charge in [0.1, 0.15) is 5.65 Å². The molecule has 88 valence electrons. The molecule has 0 N–H and O–H groups in total. The molecule has 0 bridgehead atoms. The lowest BCUT2D eigenvalue weighted by molar-refractivity contribution is 0.925. The van der Waals surface area contributed by atoms with E-state index in [1.54, 1.807) is 18.6 Å². The highest BCUT2D eigenvalue weighted by molar-refractivity contribution is 5.75. The van der Waals surface area contributed by atoms with Crippen molar-refractivity contribution in [3.63, 3.8) is 0 Å². The molecular weight excluding hydrogens is 228 g/mol. The van der Waals surface area contributed by atoms with Crippen molar-refractivity contribution >= 4 is 11.0 Å². The number of pyridine rings is 2. The average Bonchev–Trinajstić information content (AvgIpc) is 2.40. The molecule has 3 heterocycles. The Hall–Kier alpha value is -2.56. The molecule has 5 heteroatoms. The van der Waals surface area contributed by atoms with Gasteiger partial charge in [-0.2, -0.15) is 0 Å². The van der Waals surface area contributed by atoms with Crippen LogP contribution in [0, 0.1) is 6.92 Å². The normalized spacial score (nSPS) is 10.7. The van der Waals surface area contributed by atoms with Crippen molar-refractivity contribution in [1.29, 1.82) is 0 Å². The summed E-state index contributed by atoms with van der Waals surface area (Å²) in [6, 6.07) is 5.54. The number of hydrogen-bond acceptors (Lipinski definition) is 4. The Bertz CT molecular complexity index is 779. The van der Waals surface area contributed by atoms with Crippen LogP contribution in [0.1, 0.15) is 5.56 Å². The number of aromatic nitrogens is 4. The predicted molar refractivity (Wildman–Crippen MR) is 67.7 cm³/mol. The summed E-state index contributed by atoms with van der Waals surface area (Å²) in [5.74, 6) is 0. The van der Waals surface area contributed by atoms with Crippen LogP contribution in [0.3, 0.4) is 0 Å². The predicted octanol–water partition coefficient (Wildman–Crippen LogP) is 1.48. The van der Waals surface area contributed by atoms with Crippen LogP contribution in [0.15, 0.2) is 47.8 Å². The van der Waals surface area contributed by atoms with Crippen LogP contribution in [0.25, 0.3) is 16.7 Å². The van der Waals surface area contributed by atoms with Gasteiger partial charge in [0.15, 0.2) is 0 Å². The Morgan fingerprint density at radius 1 is 1.11 bits per heavy atom. The second-order valence-corrected chi connectivity index (χ2v) is 3.95. The van der Waals surface area contributed by atoms with Gasteiger partial charge in [0, 0.05) is 24.0 Å². The van der Waals surface area contributed by atoms with Gasteiger partial charge in [-0.25, -0.2) is 19.3 Å². The number of fused-ring (bicyclic) bond motifs is 1. The van der Waals surface area contributed by atoms with Crippen molar-refractivity contribution in [3.05, 3.63) is 59.0 Å². The SMILES string of the molecule is Cc1ccncc1-n1c(=O)ncc2cccnc21. The summed E-state index contributed by atoms with van der Waals surface area (Å²) in [5, 5.41) is 0.820. The maximum atomic E-state index is 12.0. The van der Waals surface area contributed by atoms with E-state index in [1.165, 1.54) is 10.8 Å². The second-order valence-electron chi connectivity index (χ2n) is 3.95. The minimum absolute atomic E-state index is 0.350. The van der Waals surface area contributed by atoms with E-state index in [-0.39, 0.29) is 5.69 Å². The molecule has 0 aliphatic rings. The summed E-state index contributed by atoms with van der Waals surface area (Å²) in [5.41, 5.74) is 1.90. The average molecular weight is 238 g/mol. The highest BCUT2D eigenvalue weighted by Crippen LogP contribution is 2.15. The molecule has 18 heavy (non-hydrogen) atoms. The smallest absolute Gasteiger partial charge is 0.263 e. The van der Waals surface area contributed by atoms with Crippen LogP contribution in [0.2, 0.25) is 0 Å². The molecule has 0 radical (unpaired) electrons. The largest absolute Gasteiger partial charge is 0.353 e. The molecule has 5 nitrogen and oxygen atoms in total. The summed E-state index contributed by atoms with van der Waals surface area (Å²) >= 11 is 0. The van der Waals surface area contributed by atoms with Gasteiger partial charge in [0.2, 0.25) is 0 Å². The highest BCUT2D eigenvalue weighted by atomic mass is 16.1. The lowest BCUT2D eigenvalue weighted by Crippen LogP contribution is -2.22. The molecule has 0 saturated heterocycles. The Morgan fingerprint density at radius 3 is 2.83 bits per heavy atom. The lowest BCUT2D eigenvalue weighted by atomic mass is 10.2. The molecule has 0 saturated carbocycles. The van der Waals surface area contributed by atoms with Crippen LogP contribution in [0.4, 0.5) is 0 Å². The molecule has 0 atom stereocenters. The fraction of sp³-hybridized carbons (Fsp3) is 0.0769. The molecule has 0 unspecified atom stereocenters. The fourth-order valence-electron chi connectivity index (χ4n) is 1.88. The maximum absolute atomic E-state index is 12.0. The maximum Gasteiger partial charge on any atom is 0.353 e. The van der Waals surface area contributed by atoms with Crippen molar-refractivity contribution in [1.82, 2.24) is 19.5 Å². The van der Waals surface area contributed by atoms with Crippen molar-refractivity contribution in [2.75, 3.05) is 0 Å². The van der Waals surface area contributed by atoms with E-state index < -0.39 is 0 Å². The van der Waals surface area contributed by atoms with Gasteiger partial charge in [-0.05, 0) is 30.7 Å². The molecule has 3 aromatic rings. The topological polar surface area (TPSA) is 60.7 Å². The van der Waals surface area contributed by atoms with E-state index in [2.05, 4.69) is 15.0 Å². The first-order valence-corrected chi connectivity index (χ1v) is 5.51. The second kappa shape index (κ2) is 4.03. The zero-order valence-electron chi connectivity index (χ0n) is 9.74. The van der Waals surface area contributed by atoms with Crippen LogP contribution in [-0.4, -0.2) is 19.5 Å². The van der Waals surface area contributed by atoms with Crippen molar-refractivity contribution < 1.29 is 0 Å². The number of hydrogen-bond donors (Lipinski definition) is 0. The van der Waals surface area contributed by atoms with Crippen LogP contribution in [0.5, 0.6) is 0 Å². The first-order chi connectivity index (χ1) is 8.77. The van der Waals surface area contributed by atoms with Gasteiger partial charge < -0.3 is 0 Å². The third-order valence-electron chi connectivity index (χ3n) is 2.79. The van der Waals surface area contributed by atoms with Gasteiger partial charge in [0.25, 0.3) is 0 Å². The fourth-order valence-corrected chi connectivity index (χ4v) is 1.88. The van der Waals surface area contributed by atoms with Crippen molar-refractivity contribution in [3.8, 4) is 5.69 Å². The quantitative estimate of drug-likeness (QED) is 0.644. The standard InChI is InChI=1S/C13H10N4O/c1-9-4-6-14-8-11(9)17-12-10(3-2-5-15-12)7-16-13(17)18/h2-8H,1H3. The van der Waals surface area contributed by atoms with E-state index in [1.807, 2.05) is 25.1 Å². The van der Waals surface area contributed by atoms with Gasteiger partial charge in [-0.3, -0.25) is 4.98 Å². The molecule has 0 amide bonds. The van der Waals surface area contributed by atoms with Gasteiger partial charge in [0.05, 0.1) is 11.9 Å². The minimum atomic E-state index is -0.350. The zero-order chi connectivity index (χ0) is 12.5. The van der Waals surface area contributed by atoms with E-state index in [9.17, 15) is 4.79 Å². The summed E-state index contributed by atoms with van der Waals surface area (Å²) in [6.07, 6.45) is 6.53. The van der Waals surface area contributed by atoms with Gasteiger partial charge >= 0.3 is 5.69 Å². The summed E-state index contributed by atoms with van der Waals surface area (Å²) in [7, 11) is 0. The highest BCUT2D eigenvalue weighted by Gasteiger charge is 2.09. The molecule has 3 aromatic heterocycles. The van der Waals surface area contributed by atoms with Crippen LogP contribution in [-0.2, 0) is 0 Å². The van der Waals surface area contributed by atoms with Crippen LogP contribution >= 0.6 is 0 Å². The first kappa shape index (κ1) is 10.6. The van der Waals surface area contributed by atoms with Gasteiger partial charge in [-0.15, -0.1) is 0 Å². The molecule has 0 aliphatic carbocycles. The van der Waals surface area contributed by atoms with Crippen molar-refractivity contribution in [2.24, 2.45) is 0 Å². The Morgan fingerprint density at radius 2 is 2.00 bits per heavy atom. The minimum Gasteiger partial charge on any atom is -0.263 e. The third kappa shape index (κ3) is 1.57. The Kier molecular flexibility index (Phi) is 2.37. The lowest BCUT2D eigenvalue weighted by Gasteiger charge is -2.09. The molecular formula is C13H10N4O. The van der Waals surface area contributed by atoms with E-state index in [0.29, 0.717) is 11.3 Å². The summed E-state index contributed by atoms with van der Waals surface area (Å²) < 4.78 is 1.48. The van der Waals surface area contributed by atoms with Crippen LogP contribution < -0.4 is 5.69 Å². The molecule has 0 aliphatic heterocycles. The number of rotatable bonds is 1. The number of aryl methyl sites for hydroxylation is 1. The summed E-state index contributed by atoms with van der Waals surface area (Å²) in [6.45, 7) is 1.92. The monoisotopic (exact) mass is 238 g/mol. The molecule has 0 spiro atoms. The Labute approximate surface area is 103 Å². The molecule has 3 rings (SSSR count). The number of nitrogens with zero attached hydrogens (tertiary/aromatic N) is 4. The zero-order valence-corrected chi connectivity index (χ0v) is 9.74. The summed E-state index contributed by atoms with van der Waals surface area (Å²) in [4.78, 5) is 24.1. The van der Waals surface area contributed by atoms with Gasteiger partial charge in [-0.1, -0.05) is 0 Å². The van der Waals surface area contributed by atoms with E-state index >= 15 is 0 Å². The van der Waals surface area contributed by atoms with Crippen molar-refractivity contribution in [2.45, 2.75) is 6.92 Å². The molecule has 0 fully saturated rings. The first-order valence-electron chi connectivity index (χ1n) is 5.51. The molecule has 0 aromatic carbocycles. The third-order valence-corrected chi connectivity index (χ3v) is 2.79. The van der Waals surface area contributed by atoms with E-state index in [0.717, 1.165) is 10.9 Å². The van der Waals surface area contributed by atoms with E-state index in [4.69, 9.17) is 0 Å². The Balaban J connectivity index is 2.46.